The van der Waals surface area contributed by atoms with Gasteiger partial charge in [0.2, 0.25) is 5.91 Å². The number of rotatable bonds is 21. The zero-order valence-electron chi connectivity index (χ0n) is 17.6. The van der Waals surface area contributed by atoms with Gasteiger partial charge in [-0.15, -0.1) is 0 Å². The SMILES string of the molecule is CCCCCCCCCCCC(=O)NCCCOCCOOS(=O)(=O)OCC.[NaH]. The van der Waals surface area contributed by atoms with Gasteiger partial charge in [-0.3, -0.25) is 4.79 Å². The van der Waals surface area contributed by atoms with Crippen molar-refractivity contribution in [3.05, 3.63) is 0 Å². The fourth-order valence-electron chi connectivity index (χ4n) is 2.54. The molecule has 0 saturated heterocycles. The summed E-state index contributed by atoms with van der Waals surface area (Å²) >= 11 is 0. The Balaban J connectivity index is 0. The molecule has 10 heteroatoms. The molecule has 0 aromatic carbocycles. The second kappa shape index (κ2) is 22.9. The minimum atomic E-state index is -4.09. The summed E-state index contributed by atoms with van der Waals surface area (Å²) in [6.07, 6.45) is 12.4. The van der Waals surface area contributed by atoms with Crippen molar-refractivity contribution in [2.24, 2.45) is 0 Å². The van der Waals surface area contributed by atoms with E-state index in [9.17, 15) is 13.2 Å². The molecule has 0 bridgehead atoms. The number of unbranched alkanes of at least 4 members (excludes halogenated alkanes) is 8. The van der Waals surface area contributed by atoms with E-state index < -0.39 is 10.4 Å². The zero-order chi connectivity index (χ0) is 20.9. The van der Waals surface area contributed by atoms with E-state index in [0.29, 0.717) is 26.0 Å². The standard InChI is InChI=1S/C19H39NO7S.Na.H/c1-3-5-6-7-8-9-10-11-12-14-19(21)20-15-13-16-24-17-18-25-27-28(22,23)26-4-2;;/h3-18H2,1-2H3,(H,20,21);;. The number of carbonyl (C=O) groups excluding carboxylic acids is 1. The van der Waals surface area contributed by atoms with Gasteiger partial charge in [0.25, 0.3) is 0 Å². The number of hydrogen-bond donors (Lipinski definition) is 1. The molecule has 1 N–H and O–H groups in total. The van der Waals surface area contributed by atoms with Crippen LogP contribution in [0.15, 0.2) is 0 Å². The van der Waals surface area contributed by atoms with Gasteiger partial charge in [-0.2, -0.15) is 8.42 Å². The molecule has 0 atom stereocenters. The van der Waals surface area contributed by atoms with E-state index in [4.69, 9.17) is 4.74 Å². The van der Waals surface area contributed by atoms with Crippen LogP contribution in [-0.2, 0) is 33.3 Å². The molecule has 0 unspecified atom stereocenters. The monoisotopic (exact) mass is 449 g/mol. The molecule has 0 aromatic heterocycles. The second-order valence-electron chi connectivity index (χ2n) is 6.60. The predicted octanol–water partition coefficient (Wildman–Crippen LogP) is 3.01. The molecule has 29 heavy (non-hydrogen) atoms. The topological polar surface area (TPSA) is 100 Å². The van der Waals surface area contributed by atoms with Crippen molar-refractivity contribution in [1.29, 1.82) is 0 Å². The van der Waals surface area contributed by atoms with E-state index in [2.05, 4.69) is 25.6 Å². The first-order chi connectivity index (χ1) is 13.5. The second-order valence-corrected chi connectivity index (χ2v) is 7.79. The third-order valence-corrected chi connectivity index (χ3v) is 4.79. The van der Waals surface area contributed by atoms with Gasteiger partial charge in [0.1, 0.15) is 6.61 Å². The average molecular weight is 450 g/mol. The number of hydrogen-bond acceptors (Lipinski definition) is 7. The van der Waals surface area contributed by atoms with Crippen molar-refractivity contribution in [3.8, 4) is 0 Å². The van der Waals surface area contributed by atoms with Gasteiger partial charge in [0.05, 0.1) is 13.2 Å². The maximum atomic E-state index is 11.7. The Bertz CT molecular complexity index is 463. The summed E-state index contributed by atoms with van der Waals surface area (Å²) in [5.41, 5.74) is 0. The van der Waals surface area contributed by atoms with Crippen molar-refractivity contribution >= 4 is 45.9 Å². The third-order valence-electron chi connectivity index (χ3n) is 4.00. The molecule has 170 valence electrons. The normalized spacial score (nSPS) is 11.2. The molecule has 8 nitrogen and oxygen atoms in total. The van der Waals surface area contributed by atoms with Gasteiger partial charge in [0.15, 0.2) is 0 Å². The first-order valence-corrected chi connectivity index (χ1v) is 11.9. The van der Waals surface area contributed by atoms with Crippen LogP contribution >= 0.6 is 0 Å². The summed E-state index contributed by atoms with van der Waals surface area (Å²) in [6.45, 7) is 4.90. The van der Waals surface area contributed by atoms with Gasteiger partial charge in [-0.1, -0.05) is 62.6 Å². The Kier molecular flexibility index (Phi) is 24.9. The molecular weight excluding hydrogens is 409 g/mol. The van der Waals surface area contributed by atoms with Gasteiger partial charge in [0, 0.05) is 19.6 Å². The number of ether oxygens (including phenoxy) is 1. The van der Waals surface area contributed by atoms with Crippen LogP contribution in [0.1, 0.15) is 84.5 Å². The Morgan fingerprint density at radius 1 is 0.828 bits per heavy atom. The molecule has 0 aromatic rings. The van der Waals surface area contributed by atoms with Crippen LogP contribution in [0.4, 0.5) is 0 Å². The predicted molar refractivity (Wildman–Crippen MR) is 115 cm³/mol. The van der Waals surface area contributed by atoms with Crippen LogP contribution in [0.2, 0.25) is 0 Å². The summed E-state index contributed by atoms with van der Waals surface area (Å²) < 4.78 is 35.7. The fraction of sp³-hybridized carbons (Fsp3) is 0.947. The van der Waals surface area contributed by atoms with Crippen LogP contribution in [0.5, 0.6) is 0 Å². The van der Waals surface area contributed by atoms with Crippen LogP contribution in [-0.4, -0.2) is 76.9 Å². The van der Waals surface area contributed by atoms with E-state index in [0.717, 1.165) is 12.8 Å². The molecule has 0 aliphatic heterocycles. The first-order valence-electron chi connectivity index (χ1n) is 10.6. The molecule has 0 fully saturated rings. The summed E-state index contributed by atoms with van der Waals surface area (Å²) in [4.78, 5) is 16.2. The average Bonchev–Trinajstić information content (AvgIpc) is 2.65. The Morgan fingerprint density at radius 3 is 2.07 bits per heavy atom. The van der Waals surface area contributed by atoms with Crippen LogP contribution in [0.25, 0.3) is 0 Å². The van der Waals surface area contributed by atoms with Gasteiger partial charge < -0.3 is 10.1 Å². The van der Waals surface area contributed by atoms with E-state index >= 15 is 0 Å². The van der Waals surface area contributed by atoms with Crippen molar-refractivity contribution in [1.82, 2.24) is 5.32 Å². The molecule has 0 aliphatic rings. The summed E-state index contributed by atoms with van der Waals surface area (Å²) in [6, 6.07) is 0. The zero-order valence-corrected chi connectivity index (χ0v) is 18.4. The van der Waals surface area contributed by atoms with Crippen molar-refractivity contribution in [2.75, 3.05) is 33.0 Å². The molecular formula is C19H40NNaO7S. The van der Waals surface area contributed by atoms with Crippen molar-refractivity contribution in [3.63, 3.8) is 0 Å². The minimum absolute atomic E-state index is 0. The first kappa shape index (κ1) is 31.4. The molecule has 1 amide bonds. The van der Waals surface area contributed by atoms with Crippen LogP contribution in [0.3, 0.4) is 0 Å². The number of nitrogens with one attached hydrogen (secondary N) is 1. The molecule has 0 radical (unpaired) electrons. The van der Waals surface area contributed by atoms with Crippen molar-refractivity contribution in [2.45, 2.75) is 84.5 Å². The van der Waals surface area contributed by atoms with Gasteiger partial charge >= 0.3 is 40.0 Å². The molecule has 0 spiro atoms. The van der Waals surface area contributed by atoms with E-state index in [-0.39, 0.29) is 55.3 Å². The quantitative estimate of drug-likeness (QED) is 0.124. The molecule has 0 saturated carbocycles. The van der Waals surface area contributed by atoms with E-state index in [1.807, 2.05) is 0 Å². The number of amides is 1. The van der Waals surface area contributed by atoms with Crippen LogP contribution < -0.4 is 5.32 Å². The Morgan fingerprint density at radius 2 is 1.45 bits per heavy atom. The van der Waals surface area contributed by atoms with Crippen LogP contribution in [0, 0.1) is 0 Å². The fourth-order valence-corrected chi connectivity index (χ4v) is 3.05. The molecule has 0 aliphatic carbocycles. The molecule has 0 heterocycles. The van der Waals surface area contributed by atoms with Gasteiger partial charge in [-0.25, -0.2) is 9.07 Å². The van der Waals surface area contributed by atoms with E-state index in [1.165, 1.54) is 51.9 Å². The van der Waals surface area contributed by atoms with E-state index in [1.54, 1.807) is 0 Å². The molecule has 0 rings (SSSR count). The Hall–Kier alpha value is 0.260. The maximum absolute atomic E-state index is 11.7. The summed E-state index contributed by atoms with van der Waals surface area (Å²) in [5.74, 6) is 0.0841. The van der Waals surface area contributed by atoms with Crippen molar-refractivity contribution < 1.29 is 31.4 Å². The third kappa shape index (κ3) is 24.4. The summed E-state index contributed by atoms with van der Waals surface area (Å²) in [5, 5.41) is 2.87. The Labute approximate surface area is 199 Å². The summed E-state index contributed by atoms with van der Waals surface area (Å²) in [7, 11) is -4.09. The number of carbonyl (C=O) groups is 1. The van der Waals surface area contributed by atoms with Gasteiger partial charge in [-0.05, 0) is 19.8 Å².